The third-order valence-corrected chi connectivity index (χ3v) is 4.18. The lowest BCUT2D eigenvalue weighted by Gasteiger charge is -2.31. The van der Waals surface area contributed by atoms with Crippen LogP contribution in [-0.4, -0.2) is 18.8 Å². The molecular formula is C17H23NO2. The average Bonchev–Trinajstić information content (AvgIpc) is 2.91. The first-order chi connectivity index (χ1) is 9.76. The lowest BCUT2D eigenvalue weighted by atomic mass is 10.0. The molecule has 1 saturated heterocycles. The first-order valence-corrected chi connectivity index (χ1v) is 7.62. The van der Waals surface area contributed by atoms with Crippen molar-refractivity contribution in [3.05, 3.63) is 36.1 Å². The molecular weight excluding hydrogens is 250 g/mol. The zero-order chi connectivity index (χ0) is 13.9. The van der Waals surface area contributed by atoms with Crippen LogP contribution in [0.1, 0.15) is 44.9 Å². The van der Waals surface area contributed by atoms with Gasteiger partial charge in [-0.25, -0.2) is 0 Å². The number of ether oxygens (including phenoxy) is 1. The highest BCUT2D eigenvalue weighted by atomic mass is 16.5. The van der Waals surface area contributed by atoms with Crippen LogP contribution in [0.15, 0.2) is 34.7 Å². The van der Waals surface area contributed by atoms with Gasteiger partial charge in [0.25, 0.3) is 0 Å². The topological polar surface area (TPSA) is 34.4 Å². The SMILES string of the molecule is CCC1CC(NC(C)c2cc3ccccc3o2)CCO1. The molecule has 0 saturated carbocycles. The quantitative estimate of drug-likeness (QED) is 0.913. The van der Waals surface area contributed by atoms with E-state index in [0.29, 0.717) is 12.1 Å². The van der Waals surface area contributed by atoms with E-state index >= 15 is 0 Å². The molecule has 1 aliphatic rings. The van der Waals surface area contributed by atoms with E-state index in [9.17, 15) is 0 Å². The largest absolute Gasteiger partial charge is 0.459 e. The maximum Gasteiger partial charge on any atom is 0.134 e. The normalized spacial score (nSPS) is 24.9. The summed E-state index contributed by atoms with van der Waals surface area (Å²) in [7, 11) is 0. The van der Waals surface area contributed by atoms with E-state index in [-0.39, 0.29) is 6.04 Å². The van der Waals surface area contributed by atoms with Gasteiger partial charge in [-0.05, 0) is 38.3 Å². The summed E-state index contributed by atoms with van der Waals surface area (Å²) in [5, 5.41) is 4.86. The average molecular weight is 273 g/mol. The van der Waals surface area contributed by atoms with E-state index in [1.54, 1.807) is 0 Å². The highest BCUT2D eigenvalue weighted by Crippen LogP contribution is 2.25. The second-order valence-corrected chi connectivity index (χ2v) is 5.70. The summed E-state index contributed by atoms with van der Waals surface area (Å²) in [5.41, 5.74) is 0.967. The van der Waals surface area contributed by atoms with Crippen molar-refractivity contribution < 1.29 is 9.15 Å². The number of nitrogens with one attached hydrogen (secondary N) is 1. The van der Waals surface area contributed by atoms with Gasteiger partial charge in [-0.3, -0.25) is 0 Å². The fourth-order valence-corrected chi connectivity index (χ4v) is 2.97. The minimum Gasteiger partial charge on any atom is -0.459 e. The Morgan fingerprint density at radius 2 is 2.20 bits per heavy atom. The van der Waals surface area contributed by atoms with Crippen LogP contribution < -0.4 is 5.32 Å². The molecule has 3 atom stereocenters. The van der Waals surface area contributed by atoms with Gasteiger partial charge in [-0.2, -0.15) is 0 Å². The van der Waals surface area contributed by atoms with Crippen LogP contribution in [0.4, 0.5) is 0 Å². The van der Waals surface area contributed by atoms with Crippen LogP contribution in [0, 0.1) is 0 Å². The monoisotopic (exact) mass is 273 g/mol. The molecule has 2 heterocycles. The van der Waals surface area contributed by atoms with Crippen molar-refractivity contribution in [2.45, 2.75) is 51.3 Å². The van der Waals surface area contributed by atoms with E-state index in [4.69, 9.17) is 9.15 Å². The third-order valence-electron chi connectivity index (χ3n) is 4.18. The van der Waals surface area contributed by atoms with Crippen molar-refractivity contribution in [1.82, 2.24) is 5.32 Å². The van der Waals surface area contributed by atoms with Crippen molar-refractivity contribution >= 4 is 11.0 Å². The van der Waals surface area contributed by atoms with E-state index in [1.807, 2.05) is 18.2 Å². The fourth-order valence-electron chi connectivity index (χ4n) is 2.97. The van der Waals surface area contributed by atoms with Crippen molar-refractivity contribution in [2.75, 3.05) is 6.61 Å². The van der Waals surface area contributed by atoms with Gasteiger partial charge >= 0.3 is 0 Å². The Balaban J connectivity index is 1.67. The summed E-state index contributed by atoms with van der Waals surface area (Å²) in [5.74, 6) is 1.02. The van der Waals surface area contributed by atoms with Crippen molar-refractivity contribution in [3.8, 4) is 0 Å². The molecule has 0 bridgehead atoms. The highest BCUT2D eigenvalue weighted by Gasteiger charge is 2.23. The molecule has 0 spiro atoms. The van der Waals surface area contributed by atoms with Crippen molar-refractivity contribution in [2.24, 2.45) is 0 Å². The van der Waals surface area contributed by atoms with Gasteiger partial charge < -0.3 is 14.5 Å². The van der Waals surface area contributed by atoms with Crippen LogP contribution in [-0.2, 0) is 4.74 Å². The van der Waals surface area contributed by atoms with E-state index in [0.717, 1.165) is 37.2 Å². The Morgan fingerprint density at radius 3 is 3.00 bits per heavy atom. The molecule has 1 fully saturated rings. The minimum absolute atomic E-state index is 0.239. The Labute approximate surface area is 120 Å². The summed E-state index contributed by atoms with van der Waals surface area (Å²) in [6.45, 7) is 5.23. The number of fused-ring (bicyclic) bond motifs is 1. The fraction of sp³-hybridized carbons (Fsp3) is 0.529. The van der Waals surface area contributed by atoms with Gasteiger partial charge in [0.2, 0.25) is 0 Å². The lowest BCUT2D eigenvalue weighted by molar-refractivity contribution is -0.00202. The molecule has 108 valence electrons. The molecule has 1 aromatic carbocycles. The van der Waals surface area contributed by atoms with E-state index < -0.39 is 0 Å². The third kappa shape index (κ3) is 2.89. The second kappa shape index (κ2) is 5.98. The highest BCUT2D eigenvalue weighted by molar-refractivity contribution is 5.77. The Morgan fingerprint density at radius 1 is 1.35 bits per heavy atom. The minimum atomic E-state index is 0.239. The number of hydrogen-bond donors (Lipinski definition) is 1. The molecule has 0 aliphatic carbocycles. The molecule has 3 heteroatoms. The van der Waals surface area contributed by atoms with Gasteiger partial charge in [0.1, 0.15) is 11.3 Å². The smallest absolute Gasteiger partial charge is 0.134 e. The molecule has 0 amide bonds. The van der Waals surface area contributed by atoms with Crippen molar-refractivity contribution in [1.29, 1.82) is 0 Å². The number of hydrogen-bond acceptors (Lipinski definition) is 3. The first kappa shape index (κ1) is 13.7. The lowest BCUT2D eigenvalue weighted by Crippen LogP contribution is -2.39. The molecule has 3 rings (SSSR count). The number of para-hydroxylation sites is 1. The maximum absolute atomic E-state index is 5.93. The molecule has 1 aliphatic heterocycles. The van der Waals surface area contributed by atoms with Gasteiger partial charge in [0.05, 0.1) is 12.1 Å². The molecule has 20 heavy (non-hydrogen) atoms. The number of rotatable bonds is 4. The molecule has 1 aromatic heterocycles. The summed E-state index contributed by atoms with van der Waals surface area (Å²) in [6, 6.07) is 11.1. The van der Waals surface area contributed by atoms with Gasteiger partial charge in [0, 0.05) is 18.0 Å². The Kier molecular flexibility index (Phi) is 4.08. The molecule has 0 radical (unpaired) electrons. The second-order valence-electron chi connectivity index (χ2n) is 5.70. The number of furan rings is 1. The van der Waals surface area contributed by atoms with Crippen LogP contribution >= 0.6 is 0 Å². The van der Waals surface area contributed by atoms with Crippen LogP contribution in [0.2, 0.25) is 0 Å². The predicted molar refractivity (Wildman–Crippen MR) is 80.8 cm³/mol. The zero-order valence-electron chi connectivity index (χ0n) is 12.3. The Hall–Kier alpha value is -1.32. The summed E-state index contributed by atoms with van der Waals surface area (Å²) < 4.78 is 11.7. The van der Waals surface area contributed by atoms with Gasteiger partial charge in [0.15, 0.2) is 0 Å². The molecule has 3 nitrogen and oxygen atoms in total. The first-order valence-electron chi connectivity index (χ1n) is 7.62. The standard InChI is InChI=1S/C17H23NO2/c1-3-15-11-14(8-9-19-15)18-12(2)17-10-13-6-4-5-7-16(13)20-17/h4-7,10,12,14-15,18H,3,8-9,11H2,1-2H3. The maximum atomic E-state index is 5.93. The van der Waals surface area contributed by atoms with Crippen LogP contribution in [0.5, 0.6) is 0 Å². The Bertz CT molecular complexity index is 530. The summed E-state index contributed by atoms with van der Waals surface area (Å²) >= 11 is 0. The van der Waals surface area contributed by atoms with Gasteiger partial charge in [-0.15, -0.1) is 0 Å². The van der Waals surface area contributed by atoms with Crippen LogP contribution in [0.25, 0.3) is 11.0 Å². The summed E-state index contributed by atoms with van der Waals surface area (Å²) in [6.07, 6.45) is 3.68. The van der Waals surface area contributed by atoms with E-state index in [1.165, 1.54) is 5.39 Å². The van der Waals surface area contributed by atoms with Crippen LogP contribution in [0.3, 0.4) is 0 Å². The molecule has 2 aromatic rings. The van der Waals surface area contributed by atoms with Gasteiger partial charge in [-0.1, -0.05) is 25.1 Å². The molecule has 3 unspecified atom stereocenters. The predicted octanol–water partition coefficient (Wildman–Crippen LogP) is 4.04. The van der Waals surface area contributed by atoms with Crippen molar-refractivity contribution in [3.63, 3.8) is 0 Å². The zero-order valence-corrected chi connectivity index (χ0v) is 12.3. The summed E-state index contributed by atoms with van der Waals surface area (Å²) in [4.78, 5) is 0. The van der Waals surface area contributed by atoms with E-state index in [2.05, 4.69) is 31.3 Å². The molecule has 1 N–H and O–H groups in total. The number of benzene rings is 1.